The molecule has 17 nitrogen and oxygen atoms in total. The Labute approximate surface area is 353 Å². The number of halogens is 2. The van der Waals surface area contributed by atoms with Crippen molar-refractivity contribution in [2.45, 2.75) is 69.5 Å². The van der Waals surface area contributed by atoms with E-state index < -0.39 is 80.1 Å². The Balaban J connectivity index is 0.000000273. The molecule has 4 aromatic carbocycles. The Morgan fingerprint density at radius 2 is 1.08 bits per heavy atom. The molecule has 0 bridgehead atoms. The summed E-state index contributed by atoms with van der Waals surface area (Å²) in [5.74, 6) is -3.29. The topological polar surface area (TPSA) is 257 Å². The molecule has 0 saturated carbocycles. The van der Waals surface area contributed by atoms with Crippen LogP contribution in [-0.2, 0) is 54.9 Å². The summed E-state index contributed by atoms with van der Waals surface area (Å²) in [6, 6.07) is 23.5. The Morgan fingerprint density at radius 1 is 0.677 bits per heavy atom. The molecule has 0 radical (unpaired) electrons. The lowest BCUT2D eigenvalue weighted by Crippen LogP contribution is -2.43. The molecule has 5 rings (SSSR count). The van der Waals surface area contributed by atoms with E-state index in [1.165, 1.54) is 92.0 Å². The number of oxime groups is 1. The molecular weight excluding hydrogens is 824 g/mol. The molecule has 1 saturated heterocycles. The third-order valence-electron chi connectivity index (χ3n) is 9.01. The second-order valence-electron chi connectivity index (χ2n) is 13.3. The Morgan fingerprint density at radius 3 is 1.50 bits per heavy atom. The quantitative estimate of drug-likeness (QED) is 0.0363. The number of nitrogens with zero attached hydrogens (tertiary/aromatic N) is 1. The summed E-state index contributed by atoms with van der Waals surface area (Å²) in [5.41, 5.74) is 2.92. The van der Waals surface area contributed by atoms with Gasteiger partial charge in [0.15, 0.2) is 30.8 Å². The summed E-state index contributed by atoms with van der Waals surface area (Å²) < 4.78 is 54.3. The van der Waals surface area contributed by atoms with Gasteiger partial charge in [-0.2, -0.15) is 0 Å². The van der Waals surface area contributed by atoms with Gasteiger partial charge in [0.2, 0.25) is 0 Å². The number of alkyl halides is 2. The molecule has 19 heteroatoms. The van der Waals surface area contributed by atoms with Gasteiger partial charge in [0.1, 0.15) is 32.5 Å². The van der Waals surface area contributed by atoms with E-state index in [0.717, 1.165) is 0 Å². The maximum absolute atomic E-state index is 14.6. The molecule has 7 atom stereocenters. The molecule has 2 unspecified atom stereocenters. The monoisotopic (exact) mass is 869 g/mol. The average Bonchev–Trinajstić information content (AvgIpc) is 3.58. The lowest BCUT2D eigenvalue weighted by Gasteiger charge is -2.24. The zero-order chi connectivity index (χ0) is 45.2. The first-order chi connectivity index (χ1) is 29.8. The van der Waals surface area contributed by atoms with Gasteiger partial charge in [0, 0.05) is 0 Å². The van der Waals surface area contributed by atoms with Gasteiger partial charge in [-0.3, -0.25) is 0 Å². The highest BCUT2D eigenvalue weighted by Gasteiger charge is 2.48. The van der Waals surface area contributed by atoms with E-state index >= 15 is 0 Å². The molecule has 6 N–H and O–H groups in total. The molecule has 62 heavy (non-hydrogen) atoms. The zero-order valence-corrected chi connectivity index (χ0v) is 33.1. The first-order valence-electron chi connectivity index (χ1n) is 18.7. The molecule has 0 aliphatic carbocycles. The number of hydrogen-bond acceptors (Lipinski definition) is 17. The number of hydrogen-bond donors (Lipinski definition) is 6. The van der Waals surface area contributed by atoms with Crippen LogP contribution in [0.1, 0.15) is 63.7 Å². The lowest BCUT2D eigenvalue weighted by atomic mass is 10.1. The summed E-state index contributed by atoms with van der Waals surface area (Å²) in [4.78, 5) is 53.4. The second-order valence-corrected chi connectivity index (χ2v) is 13.3. The smallest absolute Gasteiger partial charge is 0.338 e. The van der Waals surface area contributed by atoms with E-state index in [0.29, 0.717) is 28.5 Å². The molecule has 4 aromatic rings. The fourth-order valence-electron chi connectivity index (χ4n) is 5.48. The van der Waals surface area contributed by atoms with Crippen LogP contribution >= 0.6 is 0 Å². The summed E-state index contributed by atoms with van der Waals surface area (Å²) >= 11 is 0. The van der Waals surface area contributed by atoms with Crippen molar-refractivity contribution >= 4 is 30.1 Å². The molecule has 0 spiro atoms. The maximum Gasteiger partial charge on any atom is 0.338 e. The van der Waals surface area contributed by atoms with Gasteiger partial charge in [0.25, 0.3) is 0 Å². The van der Waals surface area contributed by atoms with E-state index in [-0.39, 0.29) is 48.7 Å². The first-order valence-corrected chi connectivity index (χ1v) is 18.7. The van der Waals surface area contributed by atoms with Crippen LogP contribution in [0.5, 0.6) is 0 Å². The number of ether oxygens (including phenoxy) is 5. The van der Waals surface area contributed by atoms with Crippen LogP contribution < -0.4 is 0 Å². The van der Waals surface area contributed by atoms with Crippen LogP contribution in [0, 0.1) is 0 Å². The van der Waals surface area contributed by atoms with Crippen molar-refractivity contribution in [3.8, 4) is 0 Å². The average molecular weight is 870 g/mol. The third-order valence-corrected chi connectivity index (χ3v) is 9.01. The van der Waals surface area contributed by atoms with E-state index in [4.69, 9.17) is 44.1 Å². The van der Waals surface area contributed by atoms with Crippen LogP contribution in [0.2, 0.25) is 0 Å². The molecule has 0 amide bonds. The SMILES string of the molecule is CON=C[C@@H](F)[C@H](OC(=O)c1ccc(CO)cc1)[C@H](O)COC(=O)c1ccc(CO)cc1.O=C(OCC1OC(O)[C@@H](F)[C@@H]1OC(=O)c1ccc(CO)cc1)c1ccc(CO)cc1. The highest BCUT2D eigenvalue weighted by Crippen LogP contribution is 2.27. The van der Waals surface area contributed by atoms with Crippen molar-refractivity contribution in [2.24, 2.45) is 5.16 Å². The number of aliphatic hydroxyl groups is 6. The third kappa shape index (κ3) is 13.9. The minimum absolute atomic E-state index is 0.0660. The van der Waals surface area contributed by atoms with Gasteiger partial charge in [-0.15, -0.1) is 0 Å². The number of benzene rings is 4. The van der Waals surface area contributed by atoms with Crippen molar-refractivity contribution in [3.05, 3.63) is 142 Å². The largest absolute Gasteiger partial charge is 0.459 e. The second kappa shape index (κ2) is 24.3. The molecule has 332 valence electrons. The number of carbonyl (C=O) groups excluding carboxylic acids is 4. The number of aliphatic hydroxyl groups excluding tert-OH is 6. The highest BCUT2D eigenvalue weighted by atomic mass is 19.1. The van der Waals surface area contributed by atoms with Crippen LogP contribution in [-0.4, -0.2) is 124 Å². The van der Waals surface area contributed by atoms with Gasteiger partial charge in [-0.25, -0.2) is 28.0 Å². The van der Waals surface area contributed by atoms with Crippen molar-refractivity contribution in [2.75, 3.05) is 20.3 Å². The predicted molar refractivity (Wildman–Crippen MR) is 211 cm³/mol. The first kappa shape index (κ1) is 48.5. The van der Waals surface area contributed by atoms with Gasteiger partial charge >= 0.3 is 23.9 Å². The van der Waals surface area contributed by atoms with Crippen LogP contribution in [0.3, 0.4) is 0 Å². The number of esters is 4. The lowest BCUT2D eigenvalue weighted by molar-refractivity contribution is -0.122. The van der Waals surface area contributed by atoms with Crippen molar-refractivity contribution in [1.82, 2.24) is 0 Å². The maximum atomic E-state index is 14.6. The van der Waals surface area contributed by atoms with Gasteiger partial charge in [0.05, 0.1) is 54.9 Å². The Bertz CT molecular complexity index is 2070. The van der Waals surface area contributed by atoms with Crippen molar-refractivity contribution < 1.29 is 87.1 Å². The molecular formula is C43H45F2NO16. The fourth-order valence-corrected chi connectivity index (χ4v) is 5.48. The van der Waals surface area contributed by atoms with E-state index in [1.54, 1.807) is 12.1 Å². The van der Waals surface area contributed by atoms with Crippen LogP contribution in [0.15, 0.2) is 102 Å². The minimum Gasteiger partial charge on any atom is -0.459 e. The van der Waals surface area contributed by atoms with E-state index in [9.17, 15) is 38.2 Å². The van der Waals surface area contributed by atoms with E-state index in [1.807, 2.05) is 0 Å². The van der Waals surface area contributed by atoms with Crippen molar-refractivity contribution in [1.29, 1.82) is 0 Å². The summed E-state index contributed by atoms with van der Waals surface area (Å²) in [5, 5.41) is 59.5. The van der Waals surface area contributed by atoms with Crippen LogP contribution in [0.4, 0.5) is 8.78 Å². The Kier molecular flexibility index (Phi) is 19.0. The molecule has 1 fully saturated rings. The molecule has 1 aliphatic heterocycles. The predicted octanol–water partition coefficient (Wildman–Crippen LogP) is 2.49. The summed E-state index contributed by atoms with van der Waals surface area (Å²) in [6.45, 7) is -1.88. The molecule has 0 aromatic heterocycles. The standard InChI is InChI=1S/C22H24FNO8.C21H21FO8/c1-30-24-10-18(23)20(32-22(29)17-8-4-15(12-26)5-9-17)19(27)13-31-21(28)16-6-2-14(11-25)3-7-16;22-17-18(30-20(26)15-7-3-13(10-24)4-8-15)16(29-21(17)27)11-28-19(25)14-5-1-12(9-23)2-6-14/h2-10,18-20,25-27H,11-13H2,1H3;1-8,16-18,21,23-24,27H,9-11H2/t18-,19-,20+;16?,17-,18+,21?/m10/s1. The Hall–Kier alpha value is -6.19. The zero-order valence-electron chi connectivity index (χ0n) is 33.1. The number of carbonyl (C=O) groups is 4. The highest BCUT2D eigenvalue weighted by molar-refractivity contribution is 5.91. The fraction of sp³-hybridized carbons (Fsp3) is 0.326. The molecule has 1 aliphatic rings. The number of rotatable bonds is 18. The normalized spacial score (nSPS) is 18.4. The summed E-state index contributed by atoms with van der Waals surface area (Å²) in [7, 11) is 1.19. The van der Waals surface area contributed by atoms with Crippen molar-refractivity contribution in [3.63, 3.8) is 0 Å². The minimum atomic E-state index is -2.06. The molecule has 1 heterocycles. The summed E-state index contributed by atoms with van der Waals surface area (Å²) in [6.07, 6.45) is -11.3. The van der Waals surface area contributed by atoms with Gasteiger partial charge in [-0.1, -0.05) is 53.7 Å². The van der Waals surface area contributed by atoms with Gasteiger partial charge < -0.3 is 59.2 Å². The van der Waals surface area contributed by atoms with E-state index in [2.05, 4.69) is 9.99 Å². The van der Waals surface area contributed by atoms with Crippen LogP contribution in [0.25, 0.3) is 0 Å². The van der Waals surface area contributed by atoms with Gasteiger partial charge in [-0.05, 0) is 70.8 Å².